The molecule has 2 heterocycles. The van der Waals surface area contributed by atoms with E-state index >= 15 is 0 Å². The normalized spacial score (nSPS) is 18.3. The molecule has 1 aromatic heterocycles. The largest absolute Gasteiger partial charge is 0.378 e. The van der Waals surface area contributed by atoms with E-state index in [9.17, 15) is 4.79 Å². The van der Waals surface area contributed by atoms with Gasteiger partial charge in [0.1, 0.15) is 0 Å². The maximum Gasteiger partial charge on any atom is 0.257 e. The maximum atomic E-state index is 13.2. The van der Waals surface area contributed by atoms with Gasteiger partial charge in [0.15, 0.2) is 0 Å². The molecule has 2 aromatic rings. The number of ether oxygens (including phenoxy) is 1. The number of nitrogens with zero attached hydrogens (tertiary/aromatic N) is 2. The number of anilines is 2. The predicted octanol–water partition coefficient (Wildman–Crippen LogP) is 4.70. The molecule has 0 bridgehead atoms. The minimum absolute atomic E-state index is 0.0177. The summed E-state index contributed by atoms with van der Waals surface area (Å²) in [5.41, 5.74) is 5.01. The Morgan fingerprint density at radius 2 is 1.79 bits per heavy atom. The summed E-state index contributed by atoms with van der Waals surface area (Å²) in [6, 6.07) is 10.7. The Morgan fingerprint density at radius 3 is 2.54 bits per heavy atom. The molecule has 0 radical (unpaired) electrons. The van der Waals surface area contributed by atoms with Crippen LogP contribution in [0, 0.1) is 13.8 Å². The molecule has 5 nitrogen and oxygen atoms in total. The smallest absolute Gasteiger partial charge is 0.257 e. The van der Waals surface area contributed by atoms with Crippen LogP contribution in [0.2, 0.25) is 0 Å². The van der Waals surface area contributed by atoms with E-state index in [0.717, 1.165) is 48.9 Å². The third-order valence-electron chi connectivity index (χ3n) is 6.17. The summed E-state index contributed by atoms with van der Waals surface area (Å²) >= 11 is 0. The van der Waals surface area contributed by atoms with Gasteiger partial charge in [-0.05, 0) is 44.9 Å². The van der Waals surface area contributed by atoms with Crippen LogP contribution in [0.15, 0.2) is 30.3 Å². The van der Waals surface area contributed by atoms with Crippen LogP contribution >= 0.6 is 0 Å². The van der Waals surface area contributed by atoms with Crippen LogP contribution < -0.4 is 10.2 Å². The van der Waals surface area contributed by atoms with E-state index in [0.29, 0.717) is 6.04 Å². The van der Waals surface area contributed by atoms with Crippen molar-refractivity contribution < 1.29 is 9.53 Å². The lowest BCUT2D eigenvalue weighted by molar-refractivity contribution is 0.102. The van der Waals surface area contributed by atoms with Gasteiger partial charge in [-0.3, -0.25) is 4.79 Å². The van der Waals surface area contributed by atoms with Gasteiger partial charge < -0.3 is 19.5 Å². The van der Waals surface area contributed by atoms with Crippen molar-refractivity contribution in [2.75, 3.05) is 36.5 Å². The van der Waals surface area contributed by atoms with Crippen molar-refractivity contribution in [3.8, 4) is 0 Å². The molecule has 28 heavy (non-hydrogen) atoms. The van der Waals surface area contributed by atoms with E-state index in [1.165, 1.54) is 37.8 Å². The summed E-state index contributed by atoms with van der Waals surface area (Å²) in [4.78, 5) is 15.4. The Morgan fingerprint density at radius 1 is 1.07 bits per heavy atom. The number of rotatable bonds is 4. The van der Waals surface area contributed by atoms with Gasteiger partial charge in [-0.25, -0.2) is 0 Å². The number of benzene rings is 1. The Kier molecular flexibility index (Phi) is 5.72. The SMILES string of the molecule is Cc1cc(C(=O)Nc2ccccc2N2CCOCC2)c(C)n1C1CCCCC1. The number of para-hydroxylation sites is 2. The number of morpholine rings is 1. The zero-order chi connectivity index (χ0) is 19.5. The highest BCUT2D eigenvalue weighted by Gasteiger charge is 2.23. The highest BCUT2D eigenvalue weighted by molar-refractivity contribution is 6.07. The Balaban J connectivity index is 1.56. The van der Waals surface area contributed by atoms with E-state index in [2.05, 4.69) is 40.8 Å². The van der Waals surface area contributed by atoms with Crippen LogP contribution in [0.25, 0.3) is 0 Å². The third-order valence-corrected chi connectivity index (χ3v) is 6.17. The minimum Gasteiger partial charge on any atom is -0.378 e. The van der Waals surface area contributed by atoms with Gasteiger partial charge in [0.05, 0.1) is 30.2 Å². The number of aromatic nitrogens is 1. The number of carbonyl (C=O) groups excluding carboxylic acids is 1. The molecule has 0 atom stereocenters. The second-order valence-corrected chi connectivity index (χ2v) is 8.02. The number of hydrogen-bond acceptors (Lipinski definition) is 3. The van der Waals surface area contributed by atoms with Crippen LogP contribution in [-0.2, 0) is 4.74 Å². The second kappa shape index (κ2) is 8.39. The molecule has 0 spiro atoms. The van der Waals surface area contributed by atoms with Gasteiger partial charge in [-0.15, -0.1) is 0 Å². The van der Waals surface area contributed by atoms with Crippen LogP contribution in [-0.4, -0.2) is 36.8 Å². The summed E-state index contributed by atoms with van der Waals surface area (Å²) in [6.45, 7) is 7.37. The average Bonchev–Trinajstić information content (AvgIpc) is 3.04. The first-order valence-corrected chi connectivity index (χ1v) is 10.6. The molecular weight excluding hydrogens is 350 g/mol. The topological polar surface area (TPSA) is 46.5 Å². The van der Waals surface area contributed by atoms with Crippen molar-refractivity contribution >= 4 is 17.3 Å². The molecular formula is C23H31N3O2. The molecule has 2 aliphatic rings. The number of hydrogen-bond donors (Lipinski definition) is 1. The number of nitrogens with one attached hydrogen (secondary N) is 1. The van der Waals surface area contributed by atoms with E-state index < -0.39 is 0 Å². The van der Waals surface area contributed by atoms with Crippen LogP contribution in [0.4, 0.5) is 11.4 Å². The van der Waals surface area contributed by atoms with Crippen LogP contribution in [0.3, 0.4) is 0 Å². The van der Waals surface area contributed by atoms with Crippen LogP contribution in [0.1, 0.15) is 59.9 Å². The van der Waals surface area contributed by atoms with E-state index in [1.807, 2.05) is 18.2 Å². The lowest BCUT2D eigenvalue weighted by Gasteiger charge is -2.30. The lowest BCUT2D eigenvalue weighted by atomic mass is 9.95. The molecule has 4 rings (SSSR count). The summed E-state index contributed by atoms with van der Waals surface area (Å²) in [7, 11) is 0. The summed E-state index contributed by atoms with van der Waals surface area (Å²) in [5.74, 6) is -0.0177. The Bertz CT molecular complexity index is 830. The molecule has 5 heteroatoms. The van der Waals surface area contributed by atoms with Crippen molar-refractivity contribution in [1.82, 2.24) is 4.57 Å². The molecule has 1 saturated carbocycles. The molecule has 1 saturated heterocycles. The number of carbonyl (C=O) groups is 1. The van der Waals surface area contributed by atoms with Crippen molar-refractivity contribution in [3.05, 3.63) is 47.3 Å². The Hall–Kier alpha value is -2.27. The molecule has 1 aliphatic carbocycles. The second-order valence-electron chi connectivity index (χ2n) is 8.02. The fraction of sp³-hybridized carbons (Fsp3) is 0.522. The predicted molar refractivity (Wildman–Crippen MR) is 113 cm³/mol. The van der Waals surface area contributed by atoms with Gasteiger partial charge in [-0.2, -0.15) is 0 Å². The highest BCUT2D eigenvalue weighted by atomic mass is 16.5. The number of aryl methyl sites for hydroxylation is 1. The quantitative estimate of drug-likeness (QED) is 0.835. The van der Waals surface area contributed by atoms with Gasteiger partial charge in [-0.1, -0.05) is 31.4 Å². The monoisotopic (exact) mass is 381 g/mol. The zero-order valence-electron chi connectivity index (χ0n) is 17.0. The van der Waals surface area contributed by atoms with E-state index in [1.54, 1.807) is 0 Å². The van der Waals surface area contributed by atoms with Gasteiger partial charge in [0.2, 0.25) is 0 Å². The standard InChI is InChI=1S/C23H31N3O2/c1-17-16-20(18(2)26(17)19-8-4-3-5-9-19)23(27)24-21-10-6-7-11-22(21)25-12-14-28-15-13-25/h6-7,10-11,16,19H,3-5,8-9,12-15H2,1-2H3,(H,24,27). The van der Waals surface area contributed by atoms with E-state index in [4.69, 9.17) is 4.74 Å². The fourth-order valence-electron chi connectivity index (χ4n) is 4.76. The van der Waals surface area contributed by atoms with Crippen LogP contribution in [0.5, 0.6) is 0 Å². The van der Waals surface area contributed by atoms with Gasteiger partial charge in [0.25, 0.3) is 5.91 Å². The highest BCUT2D eigenvalue weighted by Crippen LogP contribution is 2.33. The first kappa shape index (κ1) is 19.1. The molecule has 1 aromatic carbocycles. The molecule has 0 unspecified atom stereocenters. The van der Waals surface area contributed by atoms with Crippen molar-refractivity contribution in [2.45, 2.75) is 52.0 Å². The molecule has 150 valence electrons. The Labute approximate surface area is 167 Å². The summed E-state index contributed by atoms with van der Waals surface area (Å²) in [6.07, 6.45) is 6.35. The van der Waals surface area contributed by atoms with Crippen molar-refractivity contribution in [1.29, 1.82) is 0 Å². The maximum absolute atomic E-state index is 13.2. The van der Waals surface area contributed by atoms with Crippen molar-refractivity contribution in [2.24, 2.45) is 0 Å². The number of amides is 1. The third kappa shape index (κ3) is 3.81. The average molecular weight is 382 g/mol. The minimum atomic E-state index is -0.0177. The molecule has 2 fully saturated rings. The zero-order valence-corrected chi connectivity index (χ0v) is 17.0. The fourth-order valence-corrected chi connectivity index (χ4v) is 4.76. The van der Waals surface area contributed by atoms with Crippen molar-refractivity contribution in [3.63, 3.8) is 0 Å². The molecule has 1 amide bonds. The lowest BCUT2D eigenvalue weighted by Crippen LogP contribution is -2.36. The summed E-state index contributed by atoms with van der Waals surface area (Å²) < 4.78 is 7.86. The summed E-state index contributed by atoms with van der Waals surface area (Å²) in [5, 5.41) is 3.17. The first-order chi connectivity index (χ1) is 13.6. The van der Waals surface area contributed by atoms with E-state index in [-0.39, 0.29) is 5.91 Å². The van der Waals surface area contributed by atoms with Gasteiger partial charge >= 0.3 is 0 Å². The molecule has 1 aliphatic heterocycles. The van der Waals surface area contributed by atoms with Gasteiger partial charge in [0, 0.05) is 30.5 Å². The first-order valence-electron chi connectivity index (χ1n) is 10.6. The molecule has 1 N–H and O–H groups in total.